The summed E-state index contributed by atoms with van der Waals surface area (Å²) in [6.45, 7) is 2.06. The molecule has 45 valence electrons. The fraction of sp³-hybridized carbons (Fsp3) is 0.400. The third kappa shape index (κ3) is 1.77. The molecule has 8 heavy (non-hydrogen) atoms. The van der Waals surface area contributed by atoms with E-state index in [0.717, 1.165) is 12.0 Å². The summed E-state index contributed by atoms with van der Waals surface area (Å²) in [7, 11) is 0. The second-order valence-corrected chi connectivity index (χ2v) is 1.39. The third-order valence-corrected chi connectivity index (χ3v) is 0.892. The van der Waals surface area contributed by atoms with Crippen molar-refractivity contribution in [3.63, 3.8) is 0 Å². The van der Waals surface area contributed by atoms with Crippen molar-refractivity contribution in [2.24, 2.45) is 0 Å². The molecule has 0 aliphatic heterocycles. The maximum Gasteiger partial charge on any atom is 0.126 e. The van der Waals surface area contributed by atoms with Crippen molar-refractivity contribution in [1.82, 2.24) is 5.16 Å². The standard InChI is InChI=1S/C5H7NO.Re/c1-2-5-3-6-7-4-5;/h3-4H,2H2,1H3;. The number of rotatable bonds is 1. The number of aryl methyl sites for hydroxylation is 1. The Hall–Kier alpha value is -0.128. The van der Waals surface area contributed by atoms with E-state index >= 15 is 0 Å². The van der Waals surface area contributed by atoms with Gasteiger partial charge in [-0.2, -0.15) is 0 Å². The molecule has 1 aromatic heterocycles. The Morgan fingerprint density at radius 1 is 1.75 bits per heavy atom. The molecule has 0 aliphatic carbocycles. The molecule has 0 saturated heterocycles. The van der Waals surface area contributed by atoms with Crippen molar-refractivity contribution in [2.75, 3.05) is 0 Å². The van der Waals surface area contributed by atoms with Gasteiger partial charge in [-0.15, -0.1) is 0 Å². The predicted molar refractivity (Wildman–Crippen MR) is 25.9 cm³/mol. The van der Waals surface area contributed by atoms with Crippen LogP contribution in [-0.4, -0.2) is 5.16 Å². The predicted octanol–water partition coefficient (Wildman–Crippen LogP) is 1.23. The molecule has 0 unspecified atom stereocenters. The molecule has 1 radical (unpaired) electrons. The number of nitrogens with zero attached hydrogens (tertiary/aromatic N) is 1. The topological polar surface area (TPSA) is 26.0 Å². The average molecular weight is 283 g/mol. The van der Waals surface area contributed by atoms with Gasteiger partial charge < -0.3 is 4.52 Å². The molecule has 0 saturated carbocycles. The fourth-order valence-electron chi connectivity index (χ4n) is 0.401. The van der Waals surface area contributed by atoms with Gasteiger partial charge in [-0.3, -0.25) is 0 Å². The van der Waals surface area contributed by atoms with E-state index in [1.807, 2.05) is 0 Å². The van der Waals surface area contributed by atoms with E-state index < -0.39 is 0 Å². The quantitative estimate of drug-likeness (QED) is 0.775. The van der Waals surface area contributed by atoms with Crippen LogP contribution < -0.4 is 0 Å². The van der Waals surface area contributed by atoms with Gasteiger partial charge in [0.2, 0.25) is 0 Å². The second-order valence-electron chi connectivity index (χ2n) is 1.39. The molecule has 1 aromatic rings. The minimum absolute atomic E-state index is 0. The van der Waals surface area contributed by atoms with Crippen LogP contribution in [0.4, 0.5) is 0 Å². The van der Waals surface area contributed by atoms with Crippen LogP contribution in [0.5, 0.6) is 0 Å². The Kier molecular flexibility index (Phi) is 3.76. The number of hydrogen-bond donors (Lipinski definition) is 0. The zero-order valence-electron chi connectivity index (χ0n) is 4.60. The fourth-order valence-corrected chi connectivity index (χ4v) is 0.401. The van der Waals surface area contributed by atoms with Gasteiger partial charge in [0.25, 0.3) is 0 Å². The molecule has 0 N–H and O–H groups in total. The first-order valence-electron chi connectivity index (χ1n) is 2.31. The summed E-state index contributed by atoms with van der Waals surface area (Å²) in [5, 5.41) is 3.52. The summed E-state index contributed by atoms with van der Waals surface area (Å²) in [5.41, 5.74) is 1.15. The summed E-state index contributed by atoms with van der Waals surface area (Å²) >= 11 is 0. The second kappa shape index (κ2) is 3.82. The first-order valence-corrected chi connectivity index (χ1v) is 2.31. The molecule has 0 spiro atoms. The van der Waals surface area contributed by atoms with E-state index in [9.17, 15) is 0 Å². The van der Waals surface area contributed by atoms with Gasteiger partial charge in [0, 0.05) is 26.0 Å². The number of hydrogen-bond acceptors (Lipinski definition) is 2. The van der Waals surface area contributed by atoms with E-state index in [0.29, 0.717) is 0 Å². The van der Waals surface area contributed by atoms with Crippen LogP contribution >= 0.6 is 0 Å². The molecule has 2 nitrogen and oxygen atoms in total. The summed E-state index contributed by atoms with van der Waals surface area (Å²) in [5.74, 6) is 0. The zero-order valence-corrected chi connectivity index (χ0v) is 7.31. The van der Waals surface area contributed by atoms with Crippen molar-refractivity contribution in [2.45, 2.75) is 13.3 Å². The van der Waals surface area contributed by atoms with Crippen molar-refractivity contribution in [1.29, 1.82) is 0 Å². The van der Waals surface area contributed by atoms with Crippen LogP contribution in [0.1, 0.15) is 12.5 Å². The SMILES string of the molecule is CCc1cnoc1.[Re]. The van der Waals surface area contributed by atoms with Crippen molar-refractivity contribution in [3.05, 3.63) is 18.0 Å². The first kappa shape index (κ1) is 7.87. The summed E-state index contributed by atoms with van der Waals surface area (Å²) < 4.78 is 4.56. The van der Waals surface area contributed by atoms with Crippen molar-refractivity contribution >= 4 is 0 Å². The van der Waals surface area contributed by atoms with Gasteiger partial charge in [0.05, 0.1) is 6.20 Å². The Labute approximate surface area is 61.9 Å². The monoisotopic (exact) mass is 284 g/mol. The molecule has 0 aliphatic rings. The molecule has 1 rings (SSSR count). The van der Waals surface area contributed by atoms with Gasteiger partial charge in [-0.1, -0.05) is 12.1 Å². The molecule has 0 fully saturated rings. The molecular formula is C5H7NORe. The van der Waals surface area contributed by atoms with Crippen LogP contribution in [0.15, 0.2) is 17.0 Å². The smallest absolute Gasteiger partial charge is 0.126 e. The van der Waals surface area contributed by atoms with Gasteiger partial charge in [0.15, 0.2) is 0 Å². The third-order valence-electron chi connectivity index (χ3n) is 0.892. The van der Waals surface area contributed by atoms with E-state index in [-0.39, 0.29) is 20.4 Å². The van der Waals surface area contributed by atoms with Crippen LogP contribution in [0.2, 0.25) is 0 Å². The van der Waals surface area contributed by atoms with E-state index in [2.05, 4.69) is 16.6 Å². The molecule has 0 aromatic carbocycles. The zero-order chi connectivity index (χ0) is 5.11. The minimum atomic E-state index is 0. The maximum atomic E-state index is 4.56. The van der Waals surface area contributed by atoms with Crippen molar-refractivity contribution < 1.29 is 24.9 Å². The van der Waals surface area contributed by atoms with Gasteiger partial charge in [-0.05, 0) is 6.42 Å². The molecular weight excluding hydrogens is 276 g/mol. The largest absolute Gasteiger partial charge is 0.364 e. The van der Waals surface area contributed by atoms with Gasteiger partial charge in [-0.25, -0.2) is 0 Å². The Balaban J connectivity index is 0.000000490. The maximum absolute atomic E-state index is 4.56. The Morgan fingerprint density at radius 2 is 2.50 bits per heavy atom. The molecule has 0 amide bonds. The van der Waals surface area contributed by atoms with Crippen molar-refractivity contribution in [3.8, 4) is 0 Å². The number of aromatic nitrogens is 1. The Bertz CT molecular complexity index is 127. The van der Waals surface area contributed by atoms with Crippen LogP contribution in [0, 0.1) is 0 Å². The molecule has 1 heterocycles. The van der Waals surface area contributed by atoms with Crippen LogP contribution in [0.3, 0.4) is 0 Å². The summed E-state index contributed by atoms with van der Waals surface area (Å²) in [6.07, 6.45) is 4.38. The molecule has 0 bridgehead atoms. The first-order chi connectivity index (χ1) is 3.43. The molecule has 3 heteroatoms. The normalized spacial score (nSPS) is 8.12. The van der Waals surface area contributed by atoms with Crippen LogP contribution in [0.25, 0.3) is 0 Å². The van der Waals surface area contributed by atoms with Gasteiger partial charge >= 0.3 is 0 Å². The van der Waals surface area contributed by atoms with Gasteiger partial charge in [0.1, 0.15) is 6.26 Å². The van der Waals surface area contributed by atoms with E-state index in [1.165, 1.54) is 0 Å². The van der Waals surface area contributed by atoms with E-state index in [1.54, 1.807) is 12.5 Å². The summed E-state index contributed by atoms with van der Waals surface area (Å²) in [4.78, 5) is 0. The Morgan fingerprint density at radius 3 is 2.75 bits per heavy atom. The molecule has 0 atom stereocenters. The average Bonchev–Trinajstić information content (AvgIpc) is 2.14. The summed E-state index contributed by atoms with van der Waals surface area (Å²) in [6, 6.07) is 0. The minimum Gasteiger partial charge on any atom is -0.364 e. The van der Waals surface area contributed by atoms with E-state index in [4.69, 9.17) is 0 Å². The van der Waals surface area contributed by atoms with Crippen LogP contribution in [-0.2, 0) is 26.8 Å².